The molecule has 110 valence electrons. The Hall–Kier alpha value is -1.42. The average molecular weight is 276 g/mol. The number of rotatable bonds is 5. The highest BCUT2D eigenvalue weighted by Gasteiger charge is 2.28. The number of hydrogen-bond donors (Lipinski definition) is 1. The molecule has 1 fully saturated rings. The van der Waals surface area contributed by atoms with E-state index < -0.39 is 0 Å². The fraction of sp³-hybridized carbons (Fsp3) is 0.625. The second-order valence-electron chi connectivity index (χ2n) is 6.04. The molecular formula is C16H24N2O2. The van der Waals surface area contributed by atoms with Crippen LogP contribution < -0.4 is 5.73 Å². The summed E-state index contributed by atoms with van der Waals surface area (Å²) in [4.78, 5) is 10.3. The normalized spacial score (nSPS) is 18.4. The summed E-state index contributed by atoms with van der Waals surface area (Å²) in [5, 5.41) is 10.6. The molecule has 1 aromatic rings. The van der Waals surface area contributed by atoms with Crippen LogP contribution in [0, 0.1) is 15.5 Å². The third-order valence-corrected chi connectivity index (χ3v) is 4.69. The van der Waals surface area contributed by atoms with Gasteiger partial charge in [-0.25, -0.2) is 0 Å². The van der Waals surface area contributed by atoms with E-state index in [0.29, 0.717) is 0 Å². The zero-order valence-electron chi connectivity index (χ0n) is 12.0. The van der Waals surface area contributed by atoms with Crippen LogP contribution in [0.4, 0.5) is 5.69 Å². The number of nitro groups is 1. The Bertz CT molecular complexity index is 434. The standard InChI is InChI=1S/C16H24N2O2/c17-13-16(10-3-1-2-4-11-16)12-9-14-5-7-15(8-6-14)18(19)20/h5-8H,1-4,9-13,17H2. The van der Waals surface area contributed by atoms with Crippen molar-refractivity contribution in [3.8, 4) is 0 Å². The summed E-state index contributed by atoms with van der Waals surface area (Å²) in [6.45, 7) is 0.764. The van der Waals surface area contributed by atoms with Crippen LogP contribution >= 0.6 is 0 Å². The Morgan fingerprint density at radius 2 is 1.70 bits per heavy atom. The molecule has 0 radical (unpaired) electrons. The summed E-state index contributed by atoms with van der Waals surface area (Å²) in [5.74, 6) is 0. The van der Waals surface area contributed by atoms with E-state index in [1.165, 1.54) is 44.1 Å². The molecule has 2 N–H and O–H groups in total. The van der Waals surface area contributed by atoms with Crippen LogP contribution in [0.15, 0.2) is 24.3 Å². The van der Waals surface area contributed by atoms with Gasteiger partial charge in [0, 0.05) is 12.1 Å². The zero-order valence-corrected chi connectivity index (χ0v) is 12.0. The second kappa shape index (κ2) is 6.84. The minimum Gasteiger partial charge on any atom is -0.330 e. The van der Waals surface area contributed by atoms with E-state index in [1.807, 2.05) is 12.1 Å². The molecule has 0 spiro atoms. The fourth-order valence-corrected chi connectivity index (χ4v) is 3.23. The molecule has 2 rings (SSSR count). The number of nitro benzene ring substituents is 1. The van der Waals surface area contributed by atoms with E-state index in [-0.39, 0.29) is 16.0 Å². The van der Waals surface area contributed by atoms with Crippen LogP contribution in [0.5, 0.6) is 0 Å². The van der Waals surface area contributed by atoms with E-state index >= 15 is 0 Å². The maximum absolute atomic E-state index is 10.6. The lowest BCUT2D eigenvalue weighted by Crippen LogP contribution is -2.30. The van der Waals surface area contributed by atoms with Gasteiger partial charge in [0.15, 0.2) is 0 Å². The zero-order chi connectivity index (χ0) is 14.4. The summed E-state index contributed by atoms with van der Waals surface area (Å²) in [7, 11) is 0. The first-order chi connectivity index (χ1) is 9.65. The van der Waals surface area contributed by atoms with Crippen LogP contribution in [-0.4, -0.2) is 11.5 Å². The minimum absolute atomic E-state index is 0.164. The lowest BCUT2D eigenvalue weighted by molar-refractivity contribution is -0.384. The molecule has 1 aromatic carbocycles. The first-order valence-corrected chi connectivity index (χ1v) is 7.59. The van der Waals surface area contributed by atoms with Gasteiger partial charge in [-0.1, -0.05) is 37.8 Å². The van der Waals surface area contributed by atoms with E-state index in [0.717, 1.165) is 19.4 Å². The predicted octanol–water partition coefficient (Wildman–Crippen LogP) is 3.83. The maximum Gasteiger partial charge on any atom is 0.269 e. The van der Waals surface area contributed by atoms with Gasteiger partial charge in [-0.2, -0.15) is 0 Å². The van der Waals surface area contributed by atoms with Gasteiger partial charge < -0.3 is 5.73 Å². The molecule has 1 saturated carbocycles. The molecule has 0 bridgehead atoms. The van der Waals surface area contributed by atoms with E-state index in [2.05, 4.69) is 0 Å². The molecule has 0 aliphatic heterocycles. The van der Waals surface area contributed by atoms with Gasteiger partial charge in [0.1, 0.15) is 0 Å². The number of benzene rings is 1. The quantitative estimate of drug-likeness (QED) is 0.505. The third kappa shape index (κ3) is 3.79. The van der Waals surface area contributed by atoms with Crippen molar-refractivity contribution in [2.75, 3.05) is 6.54 Å². The van der Waals surface area contributed by atoms with E-state index in [1.54, 1.807) is 12.1 Å². The van der Waals surface area contributed by atoms with Crippen molar-refractivity contribution >= 4 is 5.69 Å². The molecule has 0 unspecified atom stereocenters. The molecule has 1 aliphatic carbocycles. The smallest absolute Gasteiger partial charge is 0.269 e. The molecule has 20 heavy (non-hydrogen) atoms. The van der Waals surface area contributed by atoms with Gasteiger partial charge in [-0.05, 0) is 43.2 Å². The summed E-state index contributed by atoms with van der Waals surface area (Å²) >= 11 is 0. The lowest BCUT2D eigenvalue weighted by Gasteiger charge is -2.31. The monoisotopic (exact) mass is 276 g/mol. The first-order valence-electron chi connectivity index (χ1n) is 7.59. The molecule has 0 heterocycles. The first kappa shape index (κ1) is 15.0. The highest BCUT2D eigenvalue weighted by molar-refractivity contribution is 5.32. The molecule has 0 saturated heterocycles. The van der Waals surface area contributed by atoms with E-state index in [4.69, 9.17) is 5.73 Å². The summed E-state index contributed by atoms with van der Waals surface area (Å²) in [5.41, 5.74) is 7.67. The van der Waals surface area contributed by atoms with Gasteiger partial charge in [-0.15, -0.1) is 0 Å². The van der Waals surface area contributed by atoms with Crippen molar-refractivity contribution in [1.82, 2.24) is 0 Å². The molecule has 0 amide bonds. The predicted molar refractivity (Wildman–Crippen MR) is 80.6 cm³/mol. The highest BCUT2D eigenvalue weighted by atomic mass is 16.6. The number of aryl methyl sites for hydroxylation is 1. The van der Waals surface area contributed by atoms with Crippen LogP contribution in [0.1, 0.15) is 50.5 Å². The van der Waals surface area contributed by atoms with E-state index in [9.17, 15) is 10.1 Å². The molecule has 1 aliphatic rings. The topological polar surface area (TPSA) is 69.2 Å². The SMILES string of the molecule is NCC1(CCc2ccc([N+](=O)[O-])cc2)CCCCCC1. The Morgan fingerprint density at radius 1 is 1.10 bits per heavy atom. The Balaban J connectivity index is 1.96. The molecule has 4 nitrogen and oxygen atoms in total. The van der Waals surface area contributed by atoms with Crippen LogP contribution in [0.25, 0.3) is 0 Å². The fourth-order valence-electron chi connectivity index (χ4n) is 3.23. The molecule has 4 heteroatoms. The molecular weight excluding hydrogens is 252 g/mol. The van der Waals surface area contributed by atoms with Gasteiger partial charge in [0.05, 0.1) is 4.92 Å². The van der Waals surface area contributed by atoms with Gasteiger partial charge >= 0.3 is 0 Å². The number of non-ortho nitro benzene ring substituents is 1. The van der Waals surface area contributed by atoms with Crippen LogP contribution in [-0.2, 0) is 6.42 Å². The number of nitrogens with two attached hydrogens (primary N) is 1. The van der Waals surface area contributed by atoms with Gasteiger partial charge in [0.25, 0.3) is 5.69 Å². The van der Waals surface area contributed by atoms with Crippen LogP contribution in [0.2, 0.25) is 0 Å². The largest absolute Gasteiger partial charge is 0.330 e. The second-order valence-corrected chi connectivity index (χ2v) is 6.04. The highest BCUT2D eigenvalue weighted by Crippen LogP contribution is 2.38. The summed E-state index contributed by atoms with van der Waals surface area (Å²) in [6, 6.07) is 6.94. The van der Waals surface area contributed by atoms with Crippen molar-refractivity contribution < 1.29 is 4.92 Å². The summed E-state index contributed by atoms with van der Waals surface area (Å²) in [6.07, 6.45) is 9.77. The Kier molecular flexibility index (Phi) is 5.12. The third-order valence-electron chi connectivity index (χ3n) is 4.69. The van der Waals surface area contributed by atoms with Crippen molar-refractivity contribution in [1.29, 1.82) is 0 Å². The maximum atomic E-state index is 10.6. The number of hydrogen-bond acceptors (Lipinski definition) is 3. The van der Waals surface area contributed by atoms with Crippen molar-refractivity contribution in [3.05, 3.63) is 39.9 Å². The Labute approximate surface area is 120 Å². The average Bonchev–Trinajstić information content (AvgIpc) is 2.72. The molecule has 0 atom stereocenters. The van der Waals surface area contributed by atoms with Gasteiger partial charge in [-0.3, -0.25) is 10.1 Å². The van der Waals surface area contributed by atoms with Crippen molar-refractivity contribution in [2.24, 2.45) is 11.1 Å². The Morgan fingerprint density at radius 3 is 2.20 bits per heavy atom. The summed E-state index contributed by atoms with van der Waals surface area (Å²) < 4.78 is 0. The lowest BCUT2D eigenvalue weighted by atomic mass is 9.76. The number of nitrogens with zero attached hydrogens (tertiary/aromatic N) is 1. The minimum atomic E-state index is -0.351. The van der Waals surface area contributed by atoms with Crippen molar-refractivity contribution in [3.63, 3.8) is 0 Å². The van der Waals surface area contributed by atoms with Gasteiger partial charge in [0.2, 0.25) is 0 Å². The molecule has 0 aromatic heterocycles. The van der Waals surface area contributed by atoms with Crippen molar-refractivity contribution in [2.45, 2.75) is 51.4 Å². The van der Waals surface area contributed by atoms with Crippen LogP contribution in [0.3, 0.4) is 0 Å².